The quantitative estimate of drug-likeness (QED) is 0.200. The fraction of sp³-hybridized carbons (Fsp3) is 0.355. The fourth-order valence-corrected chi connectivity index (χ4v) is 6.41. The Balaban J connectivity index is 2.10. The summed E-state index contributed by atoms with van der Waals surface area (Å²) in [7, 11) is -4.26. The zero-order chi connectivity index (χ0) is 31.7. The summed E-state index contributed by atoms with van der Waals surface area (Å²) in [4.78, 5) is 28.9. The molecule has 0 radical (unpaired) electrons. The minimum atomic E-state index is -4.26. The van der Waals surface area contributed by atoms with Crippen molar-refractivity contribution < 1.29 is 22.7 Å². The molecule has 3 rings (SSSR count). The molecule has 0 aliphatic heterocycles. The predicted molar refractivity (Wildman–Crippen MR) is 173 cm³/mol. The average molecular weight is 669 g/mol. The first kappa shape index (κ1) is 34.5. The molecule has 0 fully saturated rings. The van der Waals surface area contributed by atoms with Crippen molar-refractivity contribution in [2.45, 2.75) is 64.1 Å². The van der Waals surface area contributed by atoms with E-state index in [-0.39, 0.29) is 35.5 Å². The summed E-state index contributed by atoms with van der Waals surface area (Å²) in [6.07, 6.45) is 0.959. The topological polar surface area (TPSA) is 96.0 Å². The normalized spacial score (nSPS) is 12.7. The van der Waals surface area contributed by atoms with Gasteiger partial charge in [0.15, 0.2) is 0 Å². The van der Waals surface area contributed by atoms with E-state index in [1.807, 2.05) is 20.8 Å². The molecule has 0 heterocycles. The van der Waals surface area contributed by atoms with Crippen molar-refractivity contribution in [3.05, 3.63) is 87.4 Å². The van der Waals surface area contributed by atoms with Crippen molar-refractivity contribution in [3.63, 3.8) is 0 Å². The second-order valence-electron chi connectivity index (χ2n) is 9.86. The third-order valence-corrected chi connectivity index (χ3v) is 9.64. The number of anilines is 1. The Morgan fingerprint density at radius 2 is 1.49 bits per heavy atom. The monoisotopic (exact) mass is 667 g/mol. The predicted octanol–water partition coefficient (Wildman–Crippen LogP) is 6.96. The fourth-order valence-electron chi connectivity index (χ4n) is 4.35. The van der Waals surface area contributed by atoms with Gasteiger partial charge in [0.2, 0.25) is 11.8 Å². The Morgan fingerprint density at radius 1 is 0.884 bits per heavy atom. The lowest BCUT2D eigenvalue weighted by molar-refractivity contribution is -0.140. The Morgan fingerprint density at radius 3 is 2.02 bits per heavy atom. The number of carbonyl (C=O) groups is 2. The van der Waals surface area contributed by atoms with E-state index in [2.05, 4.69) is 5.32 Å². The van der Waals surface area contributed by atoms with Crippen LogP contribution in [-0.4, -0.2) is 50.4 Å². The van der Waals surface area contributed by atoms with Crippen molar-refractivity contribution in [1.29, 1.82) is 0 Å². The third kappa shape index (κ3) is 8.79. The summed E-state index contributed by atoms with van der Waals surface area (Å²) in [5, 5.41) is 3.94. The van der Waals surface area contributed by atoms with Gasteiger partial charge in [-0.05, 0) is 87.4 Å². The van der Waals surface area contributed by atoms with Crippen LogP contribution in [0, 0.1) is 0 Å². The molecule has 3 aromatic carbocycles. The molecule has 0 spiro atoms. The average Bonchev–Trinajstić information content (AvgIpc) is 2.97. The van der Waals surface area contributed by atoms with E-state index in [1.165, 1.54) is 29.2 Å². The summed E-state index contributed by atoms with van der Waals surface area (Å²) in [5.41, 5.74) is 0.682. The van der Waals surface area contributed by atoms with Crippen molar-refractivity contribution in [2.75, 3.05) is 17.5 Å². The van der Waals surface area contributed by atoms with Crippen LogP contribution in [0.4, 0.5) is 5.69 Å². The van der Waals surface area contributed by atoms with Gasteiger partial charge >= 0.3 is 0 Å². The number of hydrogen-bond donors (Lipinski definition) is 1. The molecule has 8 nitrogen and oxygen atoms in total. The molecular formula is C31H36Cl3N3O5S. The second kappa shape index (κ2) is 15.7. The minimum absolute atomic E-state index is 0.0548. The number of sulfonamides is 1. The summed E-state index contributed by atoms with van der Waals surface area (Å²) in [5.74, 6) is -0.431. The van der Waals surface area contributed by atoms with Crippen molar-refractivity contribution >= 4 is 62.3 Å². The van der Waals surface area contributed by atoms with E-state index in [9.17, 15) is 18.0 Å². The molecule has 12 heteroatoms. The highest BCUT2D eigenvalue weighted by molar-refractivity contribution is 7.92. The van der Waals surface area contributed by atoms with E-state index < -0.39 is 28.5 Å². The van der Waals surface area contributed by atoms with Gasteiger partial charge in [0.1, 0.15) is 18.3 Å². The smallest absolute Gasteiger partial charge is 0.264 e. The molecule has 0 saturated carbocycles. The summed E-state index contributed by atoms with van der Waals surface area (Å²) >= 11 is 19.0. The van der Waals surface area contributed by atoms with E-state index in [0.717, 1.165) is 4.31 Å². The van der Waals surface area contributed by atoms with Gasteiger partial charge in [-0.3, -0.25) is 13.9 Å². The molecule has 3 aromatic rings. The van der Waals surface area contributed by atoms with Crippen molar-refractivity contribution in [2.24, 2.45) is 0 Å². The van der Waals surface area contributed by atoms with Gasteiger partial charge in [-0.2, -0.15) is 0 Å². The lowest BCUT2D eigenvalue weighted by Gasteiger charge is -2.34. The van der Waals surface area contributed by atoms with Gasteiger partial charge in [-0.15, -0.1) is 0 Å². The number of halogens is 3. The molecule has 1 N–H and O–H groups in total. The lowest BCUT2D eigenvalue weighted by Crippen LogP contribution is -2.53. The van der Waals surface area contributed by atoms with Crippen molar-refractivity contribution in [1.82, 2.24) is 10.2 Å². The van der Waals surface area contributed by atoms with Crippen LogP contribution in [0.25, 0.3) is 0 Å². The van der Waals surface area contributed by atoms with Crippen LogP contribution in [-0.2, 0) is 26.2 Å². The molecule has 0 aromatic heterocycles. The molecule has 2 amide bonds. The second-order valence-corrected chi connectivity index (χ2v) is 13.0. The number of ether oxygens (including phenoxy) is 1. The van der Waals surface area contributed by atoms with Crippen LogP contribution in [0.3, 0.4) is 0 Å². The van der Waals surface area contributed by atoms with Gasteiger partial charge in [-0.25, -0.2) is 8.42 Å². The number of carbonyl (C=O) groups excluding carboxylic acids is 2. The molecule has 43 heavy (non-hydrogen) atoms. The van der Waals surface area contributed by atoms with Crippen LogP contribution < -0.4 is 14.4 Å². The Bertz CT molecular complexity index is 1480. The van der Waals surface area contributed by atoms with Crippen LogP contribution in [0.5, 0.6) is 5.75 Å². The Kier molecular flexibility index (Phi) is 12.6. The molecule has 232 valence electrons. The number of rotatable bonds is 14. The lowest BCUT2D eigenvalue weighted by atomic mass is 10.1. The van der Waals surface area contributed by atoms with Crippen molar-refractivity contribution in [3.8, 4) is 5.75 Å². The minimum Gasteiger partial charge on any atom is -0.494 e. The standard InChI is InChI=1S/C31H36Cl3N3O5S/c1-5-21(4)35-31(39)29(6-2)36(19-26-27(33)9-8-10-28(26)34)30(38)20-37(23-13-15-24(16-14-23)42-7-3)43(40,41)25-17-11-22(32)12-18-25/h8-18,21,29H,5-7,19-20H2,1-4H3,(H,35,39)/t21-,29-/m0/s1. The largest absolute Gasteiger partial charge is 0.494 e. The number of nitrogens with zero attached hydrogens (tertiary/aromatic N) is 2. The molecule has 0 aliphatic rings. The van der Waals surface area contributed by atoms with E-state index in [4.69, 9.17) is 39.5 Å². The van der Waals surface area contributed by atoms with E-state index >= 15 is 0 Å². The highest BCUT2D eigenvalue weighted by Crippen LogP contribution is 2.30. The maximum Gasteiger partial charge on any atom is 0.264 e. The Labute approximate surface area is 268 Å². The maximum atomic E-state index is 14.2. The number of amides is 2. The van der Waals surface area contributed by atoms with Crippen LogP contribution in [0.15, 0.2) is 71.6 Å². The first-order valence-electron chi connectivity index (χ1n) is 14.0. The van der Waals surface area contributed by atoms with Crippen LogP contribution in [0.2, 0.25) is 15.1 Å². The molecule has 0 aliphatic carbocycles. The SMILES string of the molecule is CCOc1ccc(N(CC(=O)N(Cc2c(Cl)cccc2Cl)[C@@H](CC)C(=O)N[C@@H](C)CC)S(=O)(=O)c2ccc(Cl)cc2)cc1. The zero-order valence-electron chi connectivity index (χ0n) is 24.5. The number of hydrogen-bond acceptors (Lipinski definition) is 5. The van der Waals surface area contributed by atoms with E-state index in [1.54, 1.807) is 49.4 Å². The molecule has 2 atom stereocenters. The van der Waals surface area contributed by atoms with Gasteiger partial charge in [0.25, 0.3) is 10.0 Å². The third-order valence-electron chi connectivity index (χ3n) is 6.89. The highest BCUT2D eigenvalue weighted by atomic mass is 35.5. The van der Waals surface area contributed by atoms with Crippen LogP contribution in [0.1, 0.15) is 46.1 Å². The zero-order valence-corrected chi connectivity index (χ0v) is 27.6. The number of benzene rings is 3. The molecular weight excluding hydrogens is 633 g/mol. The maximum absolute atomic E-state index is 14.2. The molecule has 0 unspecified atom stereocenters. The van der Waals surface area contributed by atoms with Gasteiger partial charge in [-0.1, -0.05) is 54.7 Å². The summed E-state index contributed by atoms with van der Waals surface area (Å²) in [6, 6.07) is 16.0. The molecule has 0 bridgehead atoms. The first-order valence-corrected chi connectivity index (χ1v) is 16.5. The van der Waals surface area contributed by atoms with E-state index in [0.29, 0.717) is 39.4 Å². The summed E-state index contributed by atoms with van der Waals surface area (Å²) in [6.45, 7) is 7.15. The highest BCUT2D eigenvalue weighted by Gasteiger charge is 2.34. The van der Waals surface area contributed by atoms with Gasteiger partial charge < -0.3 is 15.0 Å². The summed E-state index contributed by atoms with van der Waals surface area (Å²) < 4.78 is 34.5. The van der Waals surface area contributed by atoms with Gasteiger partial charge in [0.05, 0.1) is 17.2 Å². The Hall–Kier alpha value is -2.98. The first-order chi connectivity index (χ1) is 20.4. The number of nitrogens with one attached hydrogen (secondary N) is 1. The van der Waals surface area contributed by atoms with Gasteiger partial charge in [0, 0.05) is 33.2 Å². The molecule has 0 saturated heterocycles. The van der Waals surface area contributed by atoms with Crippen LogP contribution >= 0.6 is 34.8 Å².